The van der Waals surface area contributed by atoms with Gasteiger partial charge in [0.05, 0.1) is 26.9 Å². The lowest BCUT2D eigenvalue weighted by Gasteiger charge is -2.13. The van der Waals surface area contributed by atoms with E-state index in [4.69, 9.17) is 24.7 Å². The number of benzene rings is 2. The molecule has 10 heteroatoms. The average Bonchev–Trinajstić information content (AvgIpc) is 2.76. The normalized spacial score (nSPS) is 10.2. The fourth-order valence-corrected chi connectivity index (χ4v) is 2.62. The fraction of sp³-hybridized carbons (Fsp3) is 0.200. The van der Waals surface area contributed by atoms with Crippen LogP contribution in [-0.4, -0.2) is 42.3 Å². The molecule has 10 nitrogen and oxygen atoms in total. The van der Waals surface area contributed by atoms with Crippen LogP contribution < -0.4 is 25.3 Å². The smallest absolute Gasteiger partial charge is 0.338 e. The van der Waals surface area contributed by atoms with E-state index >= 15 is 0 Å². The first-order chi connectivity index (χ1) is 14.5. The number of rotatable bonds is 8. The Balaban J connectivity index is 1.74. The molecule has 0 saturated carbocycles. The number of aromatic nitrogens is 3. The zero-order valence-electron chi connectivity index (χ0n) is 16.7. The van der Waals surface area contributed by atoms with Gasteiger partial charge in [-0.25, -0.2) is 4.79 Å². The van der Waals surface area contributed by atoms with Crippen LogP contribution in [0.2, 0.25) is 0 Å². The molecule has 0 bridgehead atoms. The molecule has 0 fully saturated rings. The highest BCUT2D eigenvalue weighted by Gasteiger charge is 2.18. The van der Waals surface area contributed by atoms with Crippen LogP contribution in [0.4, 0.5) is 17.6 Å². The highest BCUT2D eigenvalue weighted by molar-refractivity contribution is 5.91. The summed E-state index contributed by atoms with van der Waals surface area (Å²) in [5.74, 6) is 0.867. The van der Waals surface area contributed by atoms with Gasteiger partial charge in [0.15, 0.2) is 23.9 Å². The van der Waals surface area contributed by atoms with E-state index in [1.807, 2.05) is 30.3 Å². The van der Waals surface area contributed by atoms with Gasteiger partial charge in [0.1, 0.15) is 0 Å². The first-order valence-corrected chi connectivity index (χ1v) is 8.83. The van der Waals surface area contributed by atoms with E-state index in [-0.39, 0.29) is 29.9 Å². The largest absolute Gasteiger partial charge is 0.493 e. The van der Waals surface area contributed by atoms with E-state index in [0.717, 1.165) is 5.69 Å². The van der Waals surface area contributed by atoms with Crippen LogP contribution in [0, 0.1) is 0 Å². The lowest BCUT2D eigenvalue weighted by molar-refractivity contribution is 0.0461. The van der Waals surface area contributed by atoms with E-state index in [2.05, 4.69) is 20.3 Å². The Hall–Kier alpha value is -4.08. The molecule has 0 aliphatic carbocycles. The number of carbonyl (C=O) groups excluding carboxylic acids is 1. The molecule has 3 aromatic rings. The van der Waals surface area contributed by atoms with Crippen LogP contribution >= 0.6 is 0 Å². The summed E-state index contributed by atoms with van der Waals surface area (Å²) in [5.41, 5.74) is 6.75. The van der Waals surface area contributed by atoms with Gasteiger partial charge in [0, 0.05) is 5.69 Å². The molecule has 0 atom stereocenters. The minimum Gasteiger partial charge on any atom is -0.493 e. The summed E-state index contributed by atoms with van der Waals surface area (Å²) in [6.07, 6.45) is 0. The van der Waals surface area contributed by atoms with Crippen LogP contribution in [0.1, 0.15) is 16.2 Å². The van der Waals surface area contributed by atoms with E-state index in [1.54, 1.807) is 0 Å². The maximum absolute atomic E-state index is 12.5. The number of methoxy groups -OCH3 is 3. The Bertz CT molecular complexity index is 1000. The molecule has 0 aliphatic rings. The van der Waals surface area contributed by atoms with E-state index in [1.165, 1.54) is 33.5 Å². The van der Waals surface area contributed by atoms with Gasteiger partial charge in [-0.05, 0) is 24.3 Å². The zero-order chi connectivity index (χ0) is 21.5. The summed E-state index contributed by atoms with van der Waals surface area (Å²) in [6, 6.07) is 12.3. The predicted octanol–water partition coefficient (Wildman–Crippen LogP) is 2.58. The highest BCUT2D eigenvalue weighted by Crippen LogP contribution is 2.38. The first kappa shape index (κ1) is 20.6. The second kappa shape index (κ2) is 9.41. The number of hydrogen-bond donors (Lipinski definition) is 2. The third kappa shape index (κ3) is 4.85. The van der Waals surface area contributed by atoms with Gasteiger partial charge < -0.3 is 30.0 Å². The van der Waals surface area contributed by atoms with Crippen molar-refractivity contribution in [2.45, 2.75) is 6.61 Å². The first-order valence-electron chi connectivity index (χ1n) is 8.83. The van der Waals surface area contributed by atoms with Crippen LogP contribution in [0.15, 0.2) is 42.5 Å². The van der Waals surface area contributed by atoms with Crippen molar-refractivity contribution in [1.82, 2.24) is 15.0 Å². The van der Waals surface area contributed by atoms with E-state index in [9.17, 15) is 4.79 Å². The minimum absolute atomic E-state index is 0.00210. The maximum Gasteiger partial charge on any atom is 0.338 e. The van der Waals surface area contributed by atoms with Gasteiger partial charge in [-0.3, -0.25) is 0 Å². The molecule has 0 spiro atoms. The van der Waals surface area contributed by atoms with Gasteiger partial charge in [-0.2, -0.15) is 15.0 Å². The van der Waals surface area contributed by atoms with Gasteiger partial charge in [-0.1, -0.05) is 18.2 Å². The number of hydrogen-bond acceptors (Lipinski definition) is 10. The Morgan fingerprint density at radius 1 is 0.967 bits per heavy atom. The van der Waals surface area contributed by atoms with Crippen molar-refractivity contribution in [1.29, 1.82) is 0 Å². The number of esters is 1. The molecule has 30 heavy (non-hydrogen) atoms. The lowest BCUT2D eigenvalue weighted by Crippen LogP contribution is -2.11. The van der Waals surface area contributed by atoms with Gasteiger partial charge >= 0.3 is 5.97 Å². The number of carbonyl (C=O) groups is 1. The molecular weight excluding hydrogens is 390 g/mol. The average molecular weight is 411 g/mol. The molecule has 3 N–H and O–H groups in total. The van der Waals surface area contributed by atoms with Gasteiger partial charge in [0.2, 0.25) is 17.6 Å². The molecule has 0 aliphatic heterocycles. The number of anilines is 3. The molecule has 0 unspecified atom stereocenters. The third-order valence-corrected chi connectivity index (χ3v) is 3.96. The van der Waals surface area contributed by atoms with E-state index < -0.39 is 5.97 Å². The van der Waals surface area contributed by atoms with Crippen LogP contribution in [-0.2, 0) is 11.3 Å². The van der Waals surface area contributed by atoms with Crippen molar-refractivity contribution in [3.05, 3.63) is 53.9 Å². The Kier molecular flexibility index (Phi) is 6.48. The molecule has 0 radical (unpaired) electrons. The van der Waals surface area contributed by atoms with E-state index in [0.29, 0.717) is 17.2 Å². The van der Waals surface area contributed by atoms with Crippen LogP contribution in [0.5, 0.6) is 17.2 Å². The number of para-hydroxylation sites is 1. The fourth-order valence-electron chi connectivity index (χ4n) is 2.62. The quantitative estimate of drug-likeness (QED) is 0.533. The zero-order valence-corrected chi connectivity index (χ0v) is 16.7. The summed E-state index contributed by atoms with van der Waals surface area (Å²) < 4.78 is 21.1. The topological polar surface area (TPSA) is 131 Å². The Morgan fingerprint density at radius 2 is 1.63 bits per heavy atom. The van der Waals surface area contributed by atoms with Crippen molar-refractivity contribution < 1.29 is 23.7 Å². The molecule has 0 amide bonds. The molecular formula is C20H21N5O5. The highest BCUT2D eigenvalue weighted by atomic mass is 16.5. The van der Waals surface area contributed by atoms with Crippen LogP contribution in [0.3, 0.4) is 0 Å². The Morgan fingerprint density at radius 3 is 2.23 bits per heavy atom. The maximum atomic E-state index is 12.5. The third-order valence-electron chi connectivity index (χ3n) is 3.96. The number of ether oxygens (including phenoxy) is 4. The van der Waals surface area contributed by atoms with Crippen LogP contribution in [0.25, 0.3) is 0 Å². The minimum atomic E-state index is -0.620. The molecule has 1 heterocycles. The van der Waals surface area contributed by atoms with Gasteiger partial charge in [0.25, 0.3) is 0 Å². The van der Waals surface area contributed by atoms with Crippen molar-refractivity contribution in [2.24, 2.45) is 0 Å². The van der Waals surface area contributed by atoms with Crippen molar-refractivity contribution in [2.75, 3.05) is 32.4 Å². The molecule has 2 aromatic carbocycles. The molecule has 0 saturated heterocycles. The standard InChI is InChI=1S/C20H21N5O5/c1-27-14-9-12(10-15(28-2)17(14)29-3)18(26)30-11-16-23-19(21)25-20(24-16)22-13-7-5-4-6-8-13/h4-10H,11H2,1-3H3,(H3,21,22,23,24,25). The molecule has 1 aromatic heterocycles. The SMILES string of the molecule is COc1cc(C(=O)OCc2nc(N)nc(Nc3ccccc3)n2)cc(OC)c1OC. The summed E-state index contributed by atoms with van der Waals surface area (Å²) in [6.45, 7) is -0.203. The van der Waals surface area contributed by atoms with Crippen molar-refractivity contribution in [3.63, 3.8) is 0 Å². The number of nitrogens with two attached hydrogens (primary N) is 1. The number of nitrogen functional groups attached to an aromatic ring is 1. The second-order valence-corrected chi connectivity index (χ2v) is 5.91. The predicted molar refractivity (Wildman–Crippen MR) is 109 cm³/mol. The summed E-state index contributed by atoms with van der Waals surface area (Å²) in [4.78, 5) is 24.8. The number of nitrogens with one attached hydrogen (secondary N) is 1. The number of nitrogens with zero attached hydrogens (tertiary/aromatic N) is 3. The lowest BCUT2D eigenvalue weighted by atomic mass is 10.2. The monoisotopic (exact) mass is 411 g/mol. The summed E-state index contributed by atoms with van der Waals surface area (Å²) in [5, 5.41) is 3.02. The second-order valence-electron chi connectivity index (χ2n) is 5.91. The molecule has 156 valence electrons. The summed E-state index contributed by atoms with van der Waals surface area (Å²) >= 11 is 0. The van der Waals surface area contributed by atoms with Crippen molar-refractivity contribution >= 4 is 23.6 Å². The molecule has 3 rings (SSSR count). The summed E-state index contributed by atoms with van der Waals surface area (Å²) in [7, 11) is 4.40. The van der Waals surface area contributed by atoms with Gasteiger partial charge in [-0.15, -0.1) is 0 Å². The Labute approximate surface area is 173 Å². The van der Waals surface area contributed by atoms with Crippen molar-refractivity contribution in [3.8, 4) is 17.2 Å².